The second kappa shape index (κ2) is 7.75. The first-order valence-corrected chi connectivity index (χ1v) is 7.66. The lowest BCUT2D eigenvalue weighted by Gasteiger charge is -2.24. The van der Waals surface area contributed by atoms with E-state index in [0.717, 1.165) is 42.9 Å². The number of halogens is 1. The van der Waals surface area contributed by atoms with Gasteiger partial charge in [-0.2, -0.15) is 0 Å². The van der Waals surface area contributed by atoms with Crippen LogP contribution in [0.2, 0.25) is 0 Å². The van der Waals surface area contributed by atoms with Crippen molar-refractivity contribution >= 4 is 11.6 Å². The summed E-state index contributed by atoms with van der Waals surface area (Å²) >= 11 is 6.55. The molecule has 0 spiro atoms. The Kier molecular flexibility index (Phi) is 5.99. The Morgan fingerprint density at radius 3 is 2.80 bits per heavy atom. The molecule has 1 aliphatic rings. The fourth-order valence-corrected chi connectivity index (χ4v) is 2.90. The molecule has 1 saturated heterocycles. The molecule has 2 rings (SSSR count). The molecule has 1 aromatic carbocycles. The van der Waals surface area contributed by atoms with Gasteiger partial charge >= 0.3 is 0 Å². The van der Waals surface area contributed by atoms with E-state index in [1.165, 1.54) is 12.8 Å². The van der Waals surface area contributed by atoms with Crippen molar-refractivity contribution in [1.82, 2.24) is 0 Å². The van der Waals surface area contributed by atoms with Crippen LogP contribution in [-0.4, -0.2) is 26.9 Å². The van der Waals surface area contributed by atoms with Gasteiger partial charge in [-0.15, -0.1) is 11.6 Å². The highest BCUT2D eigenvalue weighted by Crippen LogP contribution is 2.36. The van der Waals surface area contributed by atoms with E-state index < -0.39 is 0 Å². The fourth-order valence-electron chi connectivity index (χ4n) is 2.61. The molecule has 0 radical (unpaired) electrons. The van der Waals surface area contributed by atoms with Crippen LogP contribution in [0, 0.1) is 0 Å². The van der Waals surface area contributed by atoms with E-state index in [9.17, 15) is 0 Å². The van der Waals surface area contributed by atoms with E-state index in [1.54, 1.807) is 14.2 Å². The van der Waals surface area contributed by atoms with Gasteiger partial charge in [0, 0.05) is 12.2 Å². The standard InChI is InChI=1S/C16H23ClO3/c1-18-13-7-9-16(19-2)14(11-13)15(17)8-6-12-5-3-4-10-20-12/h7,9,11-12,15H,3-6,8,10H2,1-2H3. The number of alkyl halides is 1. The molecule has 3 nitrogen and oxygen atoms in total. The zero-order valence-corrected chi connectivity index (χ0v) is 13.0. The lowest BCUT2D eigenvalue weighted by Crippen LogP contribution is -2.19. The smallest absolute Gasteiger partial charge is 0.123 e. The molecule has 0 N–H and O–H groups in total. The molecule has 4 heteroatoms. The van der Waals surface area contributed by atoms with Gasteiger partial charge in [0.05, 0.1) is 25.7 Å². The summed E-state index contributed by atoms with van der Waals surface area (Å²) in [4.78, 5) is 0. The Balaban J connectivity index is 1.98. The molecule has 0 aromatic heterocycles. The normalized spacial score (nSPS) is 20.4. The second-order valence-corrected chi connectivity index (χ2v) is 5.67. The topological polar surface area (TPSA) is 27.7 Å². The largest absolute Gasteiger partial charge is 0.497 e. The van der Waals surface area contributed by atoms with Crippen LogP contribution in [0.25, 0.3) is 0 Å². The predicted molar refractivity (Wildman–Crippen MR) is 81.0 cm³/mol. The minimum absolute atomic E-state index is 0.0782. The Labute approximate surface area is 126 Å². The minimum atomic E-state index is -0.0782. The summed E-state index contributed by atoms with van der Waals surface area (Å²) in [6.07, 6.45) is 5.84. The van der Waals surface area contributed by atoms with E-state index in [0.29, 0.717) is 6.10 Å². The van der Waals surface area contributed by atoms with Crippen LogP contribution >= 0.6 is 11.6 Å². The molecule has 0 amide bonds. The zero-order chi connectivity index (χ0) is 14.4. The van der Waals surface area contributed by atoms with Gasteiger partial charge in [-0.1, -0.05) is 0 Å². The highest BCUT2D eigenvalue weighted by atomic mass is 35.5. The Bertz CT molecular complexity index is 416. The van der Waals surface area contributed by atoms with Crippen molar-refractivity contribution in [1.29, 1.82) is 0 Å². The third-order valence-corrected chi connectivity index (χ3v) is 4.24. The van der Waals surface area contributed by atoms with Gasteiger partial charge in [-0.25, -0.2) is 0 Å². The van der Waals surface area contributed by atoms with E-state index in [1.807, 2.05) is 18.2 Å². The minimum Gasteiger partial charge on any atom is -0.497 e. The van der Waals surface area contributed by atoms with Gasteiger partial charge in [0.25, 0.3) is 0 Å². The summed E-state index contributed by atoms with van der Waals surface area (Å²) in [5.74, 6) is 1.62. The SMILES string of the molecule is COc1ccc(OC)c(C(Cl)CCC2CCCCO2)c1. The van der Waals surface area contributed by atoms with E-state index in [4.69, 9.17) is 25.8 Å². The molecular weight excluding hydrogens is 276 g/mol. The molecule has 0 saturated carbocycles. The summed E-state index contributed by atoms with van der Waals surface area (Å²) in [5.41, 5.74) is 0.990. The van der Waals surface area contributed by atoms with Crippen LogP contribution in [0.4, 0.5) is 0 Å². The average Bonchev–Trinajstić information content (AvgIpc) is 2.52. The van der Waals surface area contributed by atoms with E-state index in [2.05, 4.69) is 0 Å². The van der Waals surface area contributed by atoms with Crippen molar-refractivity contribution in [2.24, 2.45) is 0 Å². The van der Waals surface area contributed by atoms with Gasteiger partial charge in [-0.05, 0) is 50.3 Å². The number of hydrogen-bond acceptors (Lipinski definition) is 3. The monoisotopic (exact) mass is 298 g/mol. The van der Waals surface area contributed by atoms with Gasteiger partial charge in [0.15, 0.2) is 0 Å². The summed E-state index contributed by atoms with van der Waals surface area (Å²) in [6.45, 7) is 0.889. The van der Waals surface area contributed by atoms with Crippen molar-refractivity contribution in [3.05, 3.63) is 23.8 Å². The lowest BCUT2D eigenvalue weighted by atomic mass is 10.00. The maximum Gasteiger partial charge on any atom is 0.123 e. The van der Waals surface area contributed by atoms with Crippen molar-refractivity contribution in [3.8, 4) is 11.5 Å². The Hall–Kier alpha value is -0.930. The molecule has 1 heterocycles. The highest BCUT2D eigenvalue weighted by Gasteiger charge is 2.19. The van der Waals surface area contributed by atoms with Gasteiger partial charge in [0.2, 0.25) is 0 Å². The maximum absolute atomic E-state index is 6.55. The predicted octanol–water partition coefficient (Wildman–Crippen LogP) is 4.33. The molecule has 0 bridgehead atoms. The summed E-state index contributed by atoms with van der Waals surface area (Å²) < 4.78 is 16.4. The molecule has 2 atom stereocenters. The summed E-state index contributed by atoms with van der Waals surface area (Å²) in [6, 6.07) is 5.75. The Morgan fingerprint density at radius 2 is 2.15 bits per heavy atom. The molecule has 112 valence electrons. The molecule has 20 heavy (non-hydrogen) atoms. The van der Waals surface area contributed by atoms with Gasteiger partial charge in [-0.3, -0.25) is 0 Å². The molecule has 2 unspecified atom stereocenters. The van der Waals surface area contributed by atoms with Gasteiger partial charge in [0.1, 0.15) is 11.5 Å². The maximum atomic E-state index is 6.55. The molecular formula is C16H23ClO3. The highest BCUT2D eigenvalue weighted by molar-refractivity contribution is 6.21. The molecule has 0 aliphatic carbocycles. The molecule has 1 aliphatic heterocycles. The number of methoxy groups -OCH3 is 2. The van der Waals surface area contributed by atoms with Crippen molar-refractivity contribution in [2.75, 3.05) is 20.8 Å². The third kappa shape index (κ3) is 4.03. The van der Waals surface area contributed by atoms with Crippen LogP contribution < -0.4 is 9.47 Å². The number of hydrogen-bond donors (Lipinski definition) is 0. The van der Waals surface area contributed by atoms with Crippen molar-refractivity contribution in [3.63, 3.8) is 0 Å². The van der Waals surface area contributed by atoms with Crippen LogP contribution in [-0.2, 0) is 4.74 Å². The summed E-state index contributed by atoms with van der Waals surface area (Å²) in [7, 11) is 3.32. The van der Waals surface area contributed by atoms with Crippen LogP contribution in [0.3, 0.4) is 0 Å². The van der Waals surface area contributed by atoms with Crippen molar-refractivity contribution in [2.45, 2.75) is 43.6 Å². The van der Waals surface area contributed by atoms with Crippen LogP contribution in [0.1, 0.15) is 43.0 Å². The fraction of sp³-hybridized carbons (Fsp3) is 0.625. The molecule has 1 fully saturated rings. The first kappa shape index (κ1) is 15.5. The van der Waals surface area contributed by atoms with Crippen LogP contribution in [0.5, 0.6) is 11.5 Å². The first-order valence-electron chi connectivity index (χ1n) is 7.22. The lowest BCUT2D eigenvalue weighted by molar-refractivity contribution is 0.00998. The van der Waals surface area contributed by atoms with Crippen molar-refractivity contribution < 1.29 is 14.2 Å². The first-order chi connectivity index (χ1) is 9.74. The van der Waals surface area contributed by atoms with Crippen LogP contribution in [0.15, 0.2) is 18.2 Å². The molecule has 1 aromatic rings. The zero-order valence-electron chi connectivity index (χ0n) is 12.2. The third-order valence-electron chi connectivity index (χ3n) is 3.79. The number of rotatable bonds is 6. The number of ether oxygens (including phenoxy) is 3. The average molecular weight is 299 g/mol. The Morgan fingerprint density at radius 1 is 1.30 bits per heavy atom. The van der Waals surface area contributed by atoms with Gasteiger partial charge < -0.3 is 14.2 Å². The quantitative estimate of drug-likeness (QED) is 0.732. The second-order valence-electron chi connectivity index (χ2n) is 5.14. The summed E-state index contributed by atoms with van der Waals surface area (Å²) in [5, 5.41) is -0.0782. The number of benzene rings is 1. The van der Waals surface area contributed by atoms with E-state index >= 15 is 0 Å². The van der Waals surface area contributed by atoms with E-state index in [-0.39, 0.29) is 5.38 Å².